The van der Waals surface area contributed by atoms with Gasteiger partial charge >= 0.3 is 0 Å². The van der Waals surface area contributed by atoms with Crippen molar-refractivity contribution in [2.24, 2.45) is 7.05 Å². The fraction of sp³-hybridized carbons (Fsp3) is 0.500. The van der Waals surface area contributed by atoms with Gasteiger partial charge in [0, 0.05) is 49.6 Å². The standard InChI is InChI=1S/C20H28N4O/c1-3-10-21-20(25)17-6-4-5-15(12-17)14-22-18-8-7-16(13-18)19-9-11-23-24(19)2/h4-6,9,11-12,16,18,22H,3,7-8,10,13-14H2,1-2H3,(H,21,25). The monoisotopic (exact) mass is 340 g/mol. The summed E-state index contributed by atoms with van der Waals surface area (Å²) >= 11 is 0. The van der Waals surface area contributed by atoms with E-state index < -0.39 is 0 Å². The molecule has 3 rings (SSSR count). The lowest BCUT2D eigenvalue weighted by Crippen LogP contribution is -2.26. The Morgan fingerprint density at radius 2 is 2.20 bits per heavy atom. The van der Waals surface area contributed by atoms with Gasteiger partial charge in [-0.1, -0.05) is 19.1 Å². The number of benzene rings is 1. The molecule has 5 heteroatoms. The maximum Gasteiger partial charge on any atom is 0.251 e. The molecule has 1 aromatic carbocycles. The van der Waals surface area contributed by atoms with Gasteiger partial charge < -0.3 is 10.6 Å². The zero-order chi connectivity index (χ0) is 17.6. The van der Waals surface area contributed by atoms with Gasteiger partial charge in [0.2, 0.25) is 0 Å². The number of carbonyl (C=O) groups is 1. The number of aryl methyl sites for hydroxylation is 1. The third-order valence-corrected chi connectivity index (χ3v) is 5.03. The fourth-order valence-electron chi connectivity index (χ4n) is 3.65. The van der Waals surface area contributed by atoms with Crippen LogP contribution >= 0.6 is 0 Å². The number of carbonyl (C=O) groups excluding carboxylic acids is 1. The van der Waals surface area contributed by atoms with Crippen molar-refractivity contribution < 1.29 is 4.79 Å². The van der Waals surface area contributed by atoms with E-state index in [0.29, 0.717) is 12.0 Å². The first-order chi connectivity index (χ1) is 12.2. The van der Waals surface area contributed by atoms with Crippen molar-refractivity contribution >= 4 is 5.91 Å². The van der Waals surface area contributed by atoms with Gasteiger partial charge in [-0.15, -0.1) is 0 Å². The van der Waals surface area contributed by atoms with Crippen molar-refractivity contribution in [1.29, 1.82) is 0 Å². The predicted molar refractivity (Wildman–Crippen MR) is 99.5 cm³/mol. The second-order valence-electron chi connectivity index (χ2n) is 6.92. The average molecular weight is 340 g/mol. The lowest BCUT2D eigenvalue weighted by molar-refractivity contribution is 0.0953. The summed E-state index contributed by atoms with van der Waals surface area (Å²) < 4.78 is 1.99. The molecule has 1 heterocycles. The van der Waals surface area contributed by atoms with Crippen LogP contribution in [0.2, 0.25) is 0 Å². The van der Waals surface area contributed by atoms with Crippen molar-refractivity contribution in [2.45, 2.75) is 51.1 Å². The lowest BCUT2D eigenvalue weighted by Gasteiger charge is -2.14. The topological polar surface area (TPSA) is 59.0 Å². The number of hydrogen-bond acceptors (Lipinski definition) is 3. The van der Waals surface area contributed by atoms with Gasteiger partial charge in [-0.2, -0.15) is 5.10 Å². The first-order valence-corrected chi connectivity index (χ1v) is 9.25. The molecule has 5 nitrogen and oxygen atoms in total. The highest BCUT2D eigenvalue weighted by Crippen LogP contribution is 2.34. The number of nitrogens with zero attached hydrogens (tertiary/aromatic N) is 2. The van der Waals surface area contributed by atoms with E-state index in [4.69, 9.17) is 0 Å². The molecule has 2 N–H and O–H groups in total. The van der Waals surface area contributed by atoms with Crippen LogP contribution in [0.4, 0.5) is 0 Å². The van der Waals surface area contributed by atoms with Gasteiger partial charge in [0.25, 0.3) is 5.91 Å². The zero-order valence-electron chi connectivity index (χ0n) is 15.2. The van der Waals surface area contributed by atoms with Crippen LogP contribution in [0.15, 0.2) is 36.5 Å². The van der Waals surface area contributed by atoms with Crippen molar-refractivity contribution in [3.8, 4) is 0 Å². The van der Waals surface area contributed by atoms with Gasteiger partial charge in [0.05, 0.1) is 0 Å². The van der Waals surface area contributed by atoms with E-state index in [0.717, 1.165) is 37.1 Å². The Bertz CT molecular complexity index is 709. The van der Waals surface area contributed by atoms with Gasteiger partial charge in [-0.25, -0.2) is 0 Å². The molecule has 1 fully saturated rings. The summed E-state index contributed by atoms with van der Waals surface area (Å²) in [5.41, 5.74) is 3.24. The van der Waals surface area contributed by atoms with E-state index in [1.807, 2.05) is 36.1 Å². The van der Waals surface area contributed by atoms with Crippen LogP contribution in [0.5, 0.6) is 0 Å². The highest BCUT2D eigenvalue weighted by molar-refractivity contribution is 5.94. The van der Waals surface area contributed by atoms with Crippen LogP contribution in [0, 0.1) is 0 Å². The Morgan fingerprint density at radius 3 is 2.96 bits per heavy atom. The smallest absolute Gasteiger partial charge is 0.251 e. The van der Waals surface area contributed by atoms with Gasteiger partial charge in [-0.3, -0.25) is 9.48 Å². The Morgan fingerprint density at radius 1 is 1.32 bits per heavy atom. The Kier molecular flexibility index (Phi) is 5.87. The molecule has 1 aliphatic rings. The maximum absolute atomic E-state index is 12.1. The molecule has 2 atom stereocenters. The first kappa shape index (κ1) is 17.7. The largest absolute Gasteiger partial charge is 0.352 e. The molecule has 0 radical (unpaired) electrons. The van der Waals surface area contributed by atoms with Crippen molar-refractivity contribution in [3.63, 3.8) is 0 Å². The number of aromatic nitrogens is 2. The predicted octanol–water partition coefficient (Wildman–Crippen LogP) is 2.99. The summed E-state index contributed by atoms with van der Waals surface area (Å²) in [6.45, 7) is 3.58. The summed E-state index contributed by atoms with van der Waals surface area (Å²) in [6, 6.07) is 10.6. The van der Waals surface area contributed by atoms with Crippen LogP contribution in [-0.4, -0.2) is 28.3 Å². The van der Waals surface area contributed by atoms with E-state index in [2.05, 4.69) is 34.8 Å². The summed E-state index contributed by atoms with van der Waals surface area (Å²) in [4.78, 5) is 12.1. The zero-order valence-corrected chi connectivity index (χ0v) is 15.2. The van der Waals surface area contributed by atoms with Crippen LogP contribution < -0.4 is 10.6 Å². The SMILES string of the molecule is CCCNC(=O)c1cccc(CNC2CCC(c3ccnn3C)C2)c1. The summed E-state index contributed by atoms with van der Waals surface area (Å²) in [7, 11) is 2.02. The Balaban J connectivity index is 1.52. The lowest BCUT2D eigenvalue weighted by atomic mass is 10.0. The molecule has 0 bridgehead atoms. The fourth-order valence-corrected chi connectivity index (χ4v) is 3.65. The van der Waals surface area contributed by atoms with Crippen LogP contribution in [0.1, 0.15) is 60.1 Å². The summed E-state index contributed by atoms with van der Waals surface area (Å²) in [5.74, 6) is 0.608. The summed E-state index contributed by atoms with van der Waals surface area (Å²) in [6.07, 6.45) is 6.37. The molecule has 1 saturated carbocycles. The van der Waals surface area contributed by atoms with E-state index in [1.54, 1.807) is 0 Å². The number of nitrogens with one attached hydrogen (secondary N) is 2. The van der Waals surface area contributed by atoms with Gasteiger partial charge in [0.15, 0.2) is 0 Å². The second kappa shape index (κ2) is 8.30. The van der Waals surface area contributed by atoms with Crippen molar-refractivity contribution in [3.05, 3.63) is 53.3 Å². The minimum Gasteiger partial charge on any atom is -0.352 e. The maximum atomic E-state index is 12.1. The minimum absolute atomic E-state index is 0.0147. The van der Waals surface area contributed by atoms with E-state index in [9.17, 15) is 4.79 Å². The molecular weight excluding hydrogens is 312 g/mol. The van der Waals surface area contributed by atoms with Crippen LogP contribution in [-0.2, 0) is 13.6 Å². The number of amides is 1. The van der Waals surface area contributed by atoms with Crippen molar-refractivity contribution in [1.82, 2.24) is 20.4 Å². The molecule has 1 amide bonds. The highest BCUT2D eigenvalue weighted by atomic mass is 16.1. The first-order valence-electron chi connectivity index (χ1n) is 9.25. The quantitative estimate of drug-likeness (QED) is 0.815. The molecule has 1 aromatic heterocycles. The van der Waals surface area contributed by atoms with Crippen LogP contribution in [0.3, 0.4) is 0 Å². The average Bonchev–Trinajstić information content (AvgIpc) is 3.26. The molecule has 2 aromatic rings. The molecule has 25 heavy (non-hydrogen) atoms. The molecule has 1 aliphatic carbocycles. The molecule has 0 aliphatic heterocycles. The number of hydrogen-bond donors (Lipinski definition) is 2. The minimum atomic E-state index is 0.0147. The second-order valence-corrected chi connectivity index (χ2v) is 6.92. The van der Waals surface area contributed by atoms with Crippen LogP contribution in [0.25, 0.3) is 0 Å². The normalized spacial score (nSPS) is 19.9. The van der Waals surface area contributed by atoms with E-state index >= 15 is 0 Å². The van der Waals surface area contributed by atoms with Gasteiger partial charge in [-0.05, 0) is 49.4 Å². The molecule has 0 saturated heterocycles. The highest BCUT2D eigenvalue weighted by Gasteiger charge is 2.27. The molecule has 2 unspecified atom stereocenters. The molecular formula is C20H28N4O. The number of rotatable bonds is 7. The summed E-state index contributed by atoms with van der Waals surface area (Å²) in [5, 5.41) is 10.9. The Hall–Kier alpha value is -2.14. The third kappa shape index (κ3) is 4.48. The molecule has 0 spiro atoms. The van der Waals surface area contributed by atoms with E-state index in [1.165, 1.54) is 18.5 Å². The Labute approximate surface area is 149 Å². The van der Waals surface area contributed by atoms with Crippen molar-refractivity contribution in [2.75, 3.05) is 6.54 Å². The third-order valence-electron chi connectivity index (χ3n) is 5.03. The van der Waals surface area contributed by atoms with Gasteiger partial charge in [0.1, 0.15) is 0 Å². The molecule has 134 valence electrons. The van der Waals surface area contributed by atoms with E-state index in [-0.39, 0.29) is 5.91 Å².